The van der Waals surface area contributed by atoms with Crippen LogP contribution in [0.5, 0.6) is 0 Å². The molecule has 6 nitrogen and oxygen atoms in total. The van der Waals surface area contributed by atoms with E-state index in [2.05, 4.69) is 31.6 Å². The number of halogens is 1. The lowest BCUT2D eigenvalue weighted by atomic mass is 10.2. The van der Waals surface area contributed by atoms with Crippen LogP contribution in [0.2, 0.25) is 0 Å². The van der Waals surface area contributed by atoms with Gasteiger partial charge < -0.3 is 10.1 Å². The van der Waals surface area contributed by atoms with Crippen molar-refractivity contribution in [3.63, 3.8) is 0 Å². The zero-order valence-corrected chi connectivity index (χ0v) is 15.4. The quantitative estimate of drug-likeness (QED) is 0.707. The topological polar surface area (TPSA) is 69.0 Å². The first-order valence-electron chi connectivity index (χ1n) is 7.66. The van der Waals surface area contributed by atoms with Gasteiger partial charge in [-0.25, -0.2) is 4.68 Å². The summed E-state index contributed by atoms with van der Waals surface area (Å²) in [6.07, 6.45) is 0. The van der Waals surface area contributed by atoms with Gasteiger partial charge in [0, 0.05) is 17.3 Å². The highest BCUT2D eigenvalue weighted by Gasteiger charge is 2.17. The molecule has 0 spiro atoms. The molecule has 0 fully saturated rings. The minimum absolute atomic E-state index is 0.289. The first-order valence-corrected chi connectivity index (χ1v) is 8.45. The fourth-order valence-electron chi connectivity index (χ4n) is 2.49. The first-order chi connectivity index (χ1) is 12.1. The number of anilines is 1. The number of hydrogen-bond donors (Lipinski definition) is 1. The molecule has 25 heavy (non-hydrogen) atoms. The number of carbonyl (C=O) groups is 1. The number of nitrogens with one attached hydrogen (secondary N) is 1. The van der Waals surface area contributed by atoms with E-state index in [0.717, 1.165) is 15.7 Å². The molecule has 0 radical (unpaired) electrons. The number of carbonyl (C=O) groups excluding carboxylic acids is 1. The predicted molar refractivity (Wildman–Crippen MR) is 98.9 cm³/mol. The highest BCUT2D eigenvalue weighted by molar-refractivity contribution is 9.10. The summed E-state index contributed by atoms with van der Waals surface area (Å²) in [5, 5.41) is 11.0. The molecular weight excluding hydrogens is 384 g/mol. The fourth-order valence-corrected chi connectivity index (χ4v) is 2.88. The van der Waals surface area contributed by atoms with Crippen molar-refractivity contribution in [2.75, 3.05) is 12.4 Å². The minimum Gasteiger partial charge on any atom is -0.380 e. The largest absolute Gasteiger partial charge is 0.380 e. The Balaban J connectivity index is 1.83. The summed E-state index contributed by atoms with van der Waals surface area (Å²) in [4.78, 5) is 12.5. The smallest absolute Gasteiger partial charge is 0.278 e. The summed E-state index contributed by atoms with van der Waals surface area (Å²) in [6.45, 7) is 2.30. The van der Waals surface area contributed by atoms with Crippen LogP contribution in [0.25, 0.3) is 5.69 Å². The zero-order chi connectivity index (χ0) is 17.8. The van der Waals surface area contributed by atoms with E-state index in [1.165, 1.54) is 0 Å². The highest BCUT2D eigenvalue weighted by Crippen LogP contribution is 2.18. The molecule has 0 aliphatic rings. The van der Waals surface area contributed by atoms with Crippen LogP contribution >= 0.6 is 15.9 Å². The van der Waals surface area contributed by atoms with Crippen LogP contribution < -0.4 is 5.32 Å². The Morgan fingerprint density at radius 1 is 1.24 bits per heavy atom. The third-order valence-electron chi connectivity index (χ3n) is 3.66. The van der Waals surface area contributed by atoms with Crippen LogP contribution in [-0.2, 0) is 11.3 Å². The summed E-state index contributed by atoms with van der Waals surface area (Å²) in [5.74, 6) is -0.298. The lowest BCUT2D eigenvalue weighted by molar-refractivity contribution is 0.102. The van der Waals surface area contributed by atoms with Crippen LogP contribution in [-0.4, -0.2) is 28.0 Å². The molecule has 0 atom stereocenters. The second-order valence-electron chi connectivity index (χ2n) is 5.50. The van der Waals surface area contributed by atoms with E-state index in [9.17, 15) is 4.79 Å². The van der Waals surface area contributed by atoms with Gasteiger partial charge in [0.25, 0.3) is 5.91 Å². The number of amides is 1. The lowest BCUT2D eigenvalue weighted by Crippen LogP contribution is -2.14. The Bertz CT molecular complexity index is 908. The van der Waals surface area contributed by atoms with Gasteiger partial charge in [-0.3, -0.25) is 4.79 Å². The fraction of sp³-hybridized carbons (Fsp3) is 0.167. The lowest BCUT2D eigenvalue weighted by Gasteiger charge is -2.07. The van der Waals surface area contributed by atoms with Gasteiger partial charge in [-0.05, 0) is 42.8 Å². The van der Waals surface area contributed by atoms with Gasteiger partial charge in [0.05, 0.1) is 18.0 Å². The second-order valence-corrected chi connectivity index (χ2v) is 6.42. The molecular formula is C18H17BrN4O2. The van der Waals surface area contributed by atoms with E-state index in [1.54, 1.807) is 11.8 Å². The molecule has 3 rings (SSSR count). The summed E-state index contributed by atoms with van der Waals surface area (Å²) >= 11 is 3.43. The number of ether oxygens (including phenoxy) is 1. The monoisotopic (exact) mass is 400 g/mol. The van der Waals surface area contributed by atoms with Crippen molar-refractivity contribution < 1.29 is 9.53 Å². The zero-order valence-electron chi connectivity index (χ0n) is 13.9. The van der Waals surface area contributed by atoms with Crippen LogP contribution in [0.15, 0.2) is 53.0 Å². The van der Waals surface area contributed by atoms with E-state index in [4.69, 9.17) is 4.74 Å². The van der Waals surface area contributed by atoms with Crippen molar-refractivity contribution in [3.05, 3.63) is 70.0 Å². The number of aromatic nitrogens is 3. The first kappa shape index (κ1) is 17.3. The molecule has 1 heterocycles. The van der Waals surface area contributed by atoms with Gasteiger partial charge in [0.15, 0.2) is 5.69 Å². The van der Waals surface area contributed by atoms with Crippen LogP contribution in [0, 0.1) is 6.92 Å². The maximum absolute atomic E-state index is 12.5. The van der Waals surface area contributed by atoms with Crippen molar-refractivity contribution in [2.24, 2.45) is 0 Å². The summed E-state index contributed by atoms with van der Waals surface area (Å²) in [5.41, 5.74) is 3.46. The molecule has 128 valence electrons. The summed E-state index contributed by atoms with van der Waals surface area (Å²) in [7, 11) is 1.63. The molecule has 0 saturated heterocycles. The molecule has 2 aromatic carbocycles. The molecule has 1 N–H and O–H groups in total. The maximum atomic E-state index is 12.5. The molecule has 0 aliphatic carbocycles. The summed E-state index contributed by atoms with van der Waals surface area (Å²) in [6, 6.07) is 15.2. The standard InChI is InChI=1S/C18H17BrN4O2/c1-12-17(21-22-23(12)16-8-4-6-14(19)10-16)18(24)20-15-7-3-5-13(9-15)11-25-2/h3-10H,11H2,1-2H3,(H,20,24). The average molecular weight is 401 g/mol. The molecule has 0 aliphatic heterocycles. The molecule has 0 unspecified atom stereocenters. The van der Waals surface area contributed by atoms with Crippen LogP contribution in [0.3, 0.4) is 0 Å². The van der Waals surface area contributed by atoms with Crippen molar-refractivity contribution in [2.45, 2.75) is 13.5 Å². The van der Waals surface area contributed by atoms with Crippen molar-refractivity contribution in [3.8, 4) is 5.69 Å². The van der Waals surface area contributed by atoms with E-state index in [-0.39, 0.29) is 11.6 Å². The van der Waals surface area contributed by atoms with Gasteiger partial charge >= 0.3 is 0 Å². The third kappa shape index (κ3) is 3.94. The van der Waals surface area contributed by atoms with E-state index >= 15 is 0 Å². The Morgan fingerprint density at radius 3 is 2.80 bits per heavy atom. The van der Waals surface area contributed by atoms with Crippen LogP contribution in [0.1, 0.15) is 21.7 Å². The number of nitrogens with zero attached hydrogens (tertiary/aromatic N) is 3. The summed E-state index contributed by atoms with van der Waals surface area (Å²) < 4.78 is 7.68. The van der Waals surface area contributed by atoms with Crippen molar-refractivity contribution in [1.82, 2.24) is 15.0 Å². The average Bonchev–Trinajstić information content (AvgIpc) is 2.97. The van der Waals surface area contributed by atoms with Gasteiger partial charge in [-0.15, -0.1) is 5.10 Å². The van der Waals surface area contributed by atoms with E-state index in [0.29, 0.717) is 18.0 Å². The molecule has 1 amide bonds. The van der Waals surface area contributed by atoms with Crippen molar-refractivity contribution >= 4 is 27.5 Å². The maximum Gasteiger partial charge on any atom is 0.278 e. The SMILES string of the molecule is COCc1cccc(NC(=O)c2nnn(-c3cccc(Br)c3)c2C)c1. The van der Waals surface area contributed by atoms with E-state index in [1.807, 2.05) is 55.5 Å². The Hall–Kier alpha value is -2.51. The van der Waals surface area contributed by atoms with Gasteiger partial charge in [-0.1, -0.05) is 39.3 Å². The number of rotatable bonds is 5. The normalized spacial score (nSPS) is 10.7. The third-order valence-corrected chi connectivity index (χ3v) is 4.15. The van der Waals surface area contributed by atoms with Crippen molar-refractivity contribution in [1.29, 1.82) is 0 Å². The van der Waals surface area contributed by atoms with Gasteiger partial charge in [0.2, 0.25) is 0 Å². The Kier molecular flexibility index (Phi) is 5.25. The highest BCUT2D eigenvalue weighted by atomic mass is 79.9. The molecule has 0 saturated carbocycles. The predicted octanol–water partition coefficient (Wildman–Crippen LogP) is 3.74. The number of hydrogen-bond acceptors (Lipinski definition) is 4. The second kappa shape index (κ2) is 7.58. The Labute approximate surface area is 153 Å². The molecule has 0 bridgehead atoms. The minimum atomic E-state index is -0.298. The molecule has 3 aromatic rings. The molecule has 7 heteroatoms. The van der Waals surface area contributed by atoms with Gasteiger partial charge in [0.1, 0.15) is 0 Å². The van der Waals surface area contributed by atoms with Gasteiger partial charge in [-0.2, -0.15) is 0 Å². The molecule has 1 aromatic heterocycles. The van der Waals surface area contributed by atoms with Crippen LogP contribution in [0.4, 0.5) is 5.69 Å². The number of methoxy groups -OCH3 is 1. The number of benzene rings is 2. The Morgan fingerprint density at radius 2 is 2.04 bits per heavy atom. The van der Waals surface area contributed by atoms with E-state index < -0.39 is 0 Å².